The number of ether oxygens (including phenoxy) is 4. The molecule has 0 aliphatic heterocycles. The van der Waals surface area contributed by atoms with E-state index in [2.05, 4.69) is 10.6 Å². The van der Waals surface area contributed by atoms with Crippen LogP contribution in [0.4, 0.5) is 11.4 Å². The first-order valence-electron chi connectivity index (χ1n) is 13.7. The van der Waals surface area contributed by atoms with Crippen molar-refractivity contribution >= 4 is 40.9 Å². The molecule has 0 aliphatic rings. The van der Waals surface area contributed by atoms with Gasteiger partial charge in [0.15, 0.2) is 11.5 Å². The molecule has 9 heteroatoms. The second-order valence-electron chi connectivity index (χ2n) is 9.18. The summed E-state index contributed by atoms with van der Waals surface area (Å²) < 4.78 is 23.0. The van der Waals surface area contributed by atoms with Gasteiger partial charge in [0, 0.05) is 28.8 Å². The van der Waals surface area contributed by atoms with Crippen molar-refractivity contribution in [3.8, 4) is 23.0 Å². The van der Waals surface area contributed by atoms with E-state index >= 15 is 0 Å². The highest BCUT2D eigenvalue weighted by atomic mass is 35.5. The lowest BCUT2D eigenvalue weighted by Gasteiger charge is -2.17. The number of nitrogens with one attached hydrogen (secondary N) is 2. The Morgan fingerprint density at radius 2 is 1.40 bits per heavy atom. The molecule has 0 heterocycles. The van der Waals surface area contributed by atoms with Crippen molar-refractivity contribution in [3.05, 3.63) is 113 Å². The third-order valence-electron chi connectivity index (χ3n) is 6.15. The van der Waals surface area contributed by atoms with E-state index in [0.29, 0.717) is 64.8 Å². The standard InChI is InChI=1S/C34H33ClN2O6/c1-4-41-30-21-28(37-34(39)25-9-7-6-8-10-25)31(42-5-2)20-27(30)36-33(38)18-14-23-13-17-29(32(19-23)40-3)43-22-24-11-15-26(35)16-12-24/h6-21H,4-5,22H2,1-3H3,(H,36,38)(H,37,39)/b18-14+. The first kappa shape index (κ1) is 31.0. The minimum absolute atomic E-state index is 0.291. The summed E-state index contributed by atoms with van der Waals surface area (Å²) in [4.78, 5) is 25.7. The van der Waals surface area contributed by atoms with Crippen molar-refractivity contribution in [2.75, 3.05) is 31.0 Å². The number of rotatable bonds is 13. The largest absolute Gasteiger partial charge is 0.493 e. The van der Waals surface area contributed by atoms with Gasteiger partial charge >= 0.3 is 0 Å². The lowest BCUT2D eigenvalue weighted by Crippen LogP contribution is -2.14. The summed E-state index contributed by atoms with van der Waals surface area (Å²) in [5.41, 5.74) is 3.05. The molecule has 4 aromatic rings. The molecule has 0 saturated heterocycles. The van der Waals surface area contributed by atoms with E-state index in [1.54, 1.807) is 61.7 Å². The highest BCUT2D eigenvalue weighted by Crippen LogP contribution is 2.37. The van der Waals surface area contributed by atoms with Crippen LogP contribution in [0.5, 0.6) is 23.0 Å². The van der Waals surface area contributed by atoms with Crippen molar-refractivity contribution in [1.82, 2.24) is 0 Å². The summed E-state index contributed by atoms with van der Waals surface area (Å²) in [5.74, 6) is 1.22. The highest BCUT2D eigenvalue weighted by molar-refractivity contribution is 6.30. The molecule has 0 bridgehead atoms. The molecule has 0 aromatic heterocycles. The topological polar surface area (TPSA) is 95.1 Å². The molecule has 43 heavy (non-hydrogen) atoms. The van der Waals surface area contributed by atoms with Gasteiger partial charge in [-0.2, -0.15) is 0 Å². The predicted molar refractivity (Wildman–Crippen MR) is 170 cm³/mol. The van der Waals surface area contributed by atoms with Crippen molar-refractivity contribution < 1.29 is 28.5 Å². The number of halogens is 1. The Morgan fingerprint density at radius 3 is 2.02 bits per heavy atom. The van der Waals surface area contributed by atoms with E-state index < -0.39 is 0 Å². The van der Waals surface area contributed by atoms with Gasteiger partial charge in [0.05, 0.1) is 31.7 Å². The average Bonchev–Trinajstić information content (AvgIpc) is 3.02. The Bertz CT molecular complexity index is 1570. The number of amides is 2. The van der Waals surface area contributed by atoms with Gasteiger partial charge in [-0.1, -0.05) is 48.0 Å². The summed E-state index contributed by atoms with van der Waals surface area (Å²) in [6.07, 6.45) is 3.07. The van der Waals surface area contributed by atoms with E-state index in [1.165, 1.54) is 6.08 Å². The molecule has 8 nitrogen and oxygen atoms in total. The van der Waals surface area contributed by atoms with Gasteiger partial charge in [0.1, 0.15) is 18.1 Å². The SMILES string of the molecule is CCOc1cc(NC(=O)c2ccccc2)c(OCC)cc1NC(=O)/C=C/c1ccc(OCc2ccc(Cl)cc2)c(OC)c1. The normalized spacial score (nSPS) is 10.7. The maximum atomic E-state index is 12.9. The van der Waals surface area contributed by atoms with Gasteiger partial charge in [0.2, 0.25) is 5.91 Å². The summed E-state index contributed by atoms with van der Waals surface area (Å²) in [6, 6.07) is 24.9. The van der Waals surface area contributed by atoms with Crippen LogP contribution >= 0.6 is 11.6 Å². The zero-order valence-electron chi connectivity index (χ0n) is 24.2. The maximum Gasteiger partial charge on any atom is 0.255 e. The van der Waals surface area contributed by atoms with Gasteiger partial charge in [-0.3, -0.25) is 9.59 Å². The zero-order valence-corrected chi connectivity index (χ0v) is 24.9. The second-order valence-corrected chi connectivity index (χ2v) is 9.62. The molecule has 0 saturated carbocycles. The minimum atomic E-state index is -0.383. The minimum Gasteiger partial charge on any atom is -0.493 e. The van der Waals surface area contributed by atoms with Crippen molar-refractivity contribution in [2.45, 2.75) is 20.5 Å². The van der Waals surface area contributed by atoms with Gasteiger partial charge < -0.3 is 29.6 Å². The third-order valence-corrected chi connectivity index (χ3v) is 6.40. The van der Waals surface area contributed by atoms with Gasteiger partial charge in [-0.15, -0.1) is 0 Å². The molecule has 2 amide bonds. The smallest absolute Gasteiger partial charge is 0.255 e. The fourth-order valence-electron chi connectivity index (χ4n) is 4.08. The molecular weight excluding hydrogens is 568 g/mol. The Hall–Kier alpha value is -4.95. The Balaban J connectivity index is 1.47. The monoisotopic (exact) mass is 600 g/mol. The van der Waals surface area contributed by atoms with Crippen molar-refractivity contribution in [2.24, 2.45) is 0 Å². The second kappa shape index (κ2) is 15.3. The number of anilines is 2. The van der Waals surface area contributed by atoms with Crippen LogP contribution in [0.1, 0.15) is 35.3 Å². The molecule has 0 fully saturated rings. The van der Waals surface area contributed by atoms with Crippen LogP contribution in [0, 0.1) is 0 Å². The Labute approximate surface area is 256 Å². The van der Waals surface area contributed by atoms with E-state index in [9.17, 15) is 9.59 Å². The Morgan fingerprint density at radius 1 is 0.744 bits per heavy atom. The summed E-state index contributed by atoms with van der Waals surface area (Å²) >= 11 is 5.95. The molecule has 0 spiro atoms. The number of carbonyl (C=O) groups excluding carboxylic acids is 2. The molecule has 2 N–H and O–H groups in total. The van der Waals surface area contributed by atoms with Gasteiger partial charge in [-0.05, 0) is 67.4 Å². The van der Waals surface area contributed by atoms with E-state index in [1.807, 2.05) is 50.2 Å². The van der Waals surface area contributed by atoms with Crippen LogP contribution < -0.4 is 29.6 Å². The molecule has 0 unspecified atom stereocenters. The molecule has 4 aromatic carbocycles. The first-order chi connectivity index (χ1) is 20.9. The number of hydrogen-bond acceptors (Lipinski definition) is 6. The molecule has 4 rings (SSSR count). The quantitative estimate of drug-likeness (QED) is 0.153. The van der Waals surface area contributed by atoms with Crippen molar-refractivity contribution in [1.29, 1.82) is 0 Å². The lowest BCUT2D eigenvalue weighted by molar-refractivity contribution is -0.111. The summed E-state index contributed by atoms with van der Waals surface area (Å²) in [6.45, 7) is 4.73. The lowest BCUT2D eigenvalue weighted by atomic mass is 10.1. The molecular formula is C34H33ClN2O6. The molecule has 222 valence electrons. The summed E-state index contributed by atoms with van der Waals surface area (Å²) in [5, 5.41) is 6.39. The van der Waals surface area contributed by atoms with E-state index in [-0.39, 0.29) is 11.8 Å². The predicted octanol–water partition coefficient (Wildman–Crippen LogP) is 7.63. The number of methoxy groups -OCH3 is 1. The number of carbonyl (C=O) groups is 2. The number of benzene rings is 4. The van der Waals surface area contributed by atoms with Crippen LogP contribution in [0.25, 0.3) is 6.08 Å². The fraction of sp³-hybridized carbons (Fsp3) is 0.176. The highest BCUT2D eigenvalue weighted by Gasteiger charge is 2.16. The van der Waals surface area contributed by atoms with Crippen LogP contribution in [0.15, 0.2) is 91.0 Å². The number of hydrogen-bond donors (Lipinski definition) is 2. The van der Waals surface area contributed by atoms with Crippen LogP contribution in [-0.4, -0.2) is 32.1 Å². The van der Waals surface area contributed by atoms with Crippen LogP contribution in [0.3, 0.4) is 0 Å². The maximum absolute atomic E-state index is 12.9. The van der Waals surface area contributed by atoms with Gasteiger partial charge in [0.25, 0.3) is 5.91 Å². The first-order valence-corrected chi connectivity index (χ1v) is 14.1. The fourth-order valence-corrected chi connectivity index (χ4v) is 4.21. The third kappa shape index (κ3) is 8.77. The molecule has 0 atom stereocenters. The van der Waals surface area contributed by atoms with Crippen molar-refractivity contribution in [3.63, 3.8) is 0 Å². The van der Waals surface area contributed by atoms with E-state index in [4.69, 9.17) is 30.5 Å². The van der Waals surface area contributed by atoms with E-state index in [0.717, 1.165) is 11.1 Å². The average molecular weight is 601 g/mol. The molecule has 0 radical (unpaired) electrons. The van der Waals surface area contributed by atoms with Crippen LogP contribution in [-0.2, 0) is 11.4 Å². The zero-order chi connectivity index (χ0) is 30.6. The Kier molecular flexibility index (Phi) is 11.0. The molecule has 0 aliphatic carbocycles. The van der Waals surface area contributed by atoms with Crippen LogP contribution in [0.2, 0.25) is 5.02 Å². The van der Waals surface area contributed by atoms with Gasteiger partial charge in [-0.25, -0.2) is 0 Å². The summed E-state index contributed by atoms with van der Waals surface area (Å²) in [7, 11) is 1.56.